The Labute approximate surface area is 159 Å². The van der Waals surface area contributed by atoms with Crippen LogP contribution in [0.1, 0.15) is 5.56 Å². The molecule has 4 aromatic rings. The Morgan fingerprint density at radius 1 is 1.18 bits per heavy atom. The standard InChI is InChI=1S/C20H16N4O4/c25-19(12-27-16-4-2-15-3-6-20(26)28-17(15)9-16)23-11-14-1-5-18(22-10-14)24-8-7-21-13-24/h1-10,13H,11-12H2,(H,23,25). The first kappa shape index (κ1) is 17.5. The van der Waals surface area contributed by atoms with Crippen LogP contribution in [0, 0.1) is 0 Å². The van der Waals surface area contributed by atoms with Crippen molar-refractivity contribution in [3.8, 4) is 11.6 Å². The summed E-state index contributed by atoms with van der Waals surface area (Å²) in [5.74, 6) is 0.926. The maximum absolute atomic E-state index is 12.0. The molecule has 140 valence electrons. The number of pyridine rings is 1. The van der Waals surface area contributed by atoms with Crippen LogP contribution in [0.3, 0.4) is 0 Å². The van der Waals surface area contributed by atoms with Crippen LogP contribution in [0.4, 0.5) is 0 Å². The van der Waals surface area contributed by atoms with Crippen molar-refractivity contribution >= 4 is 16.9 Å². The molecule has 0 atom stereocenters. The van der Waals surface area contributed by atoms with Crippen molar-refractivity contribution < 1.29 is 13.9 Å². The Hall–Kier alpha value is -3.94. The summed E-state index contributed by atoms with van der Waals surface area (Å²) in [5, 5.41) is 3.55. The zero-order chi connectivity index (χ0) is 19.3. The van der Waals surface area contributed by atoms with E-state index in [0.29, 0.717) is 17.9 Å². The molecule has 1 amide bonds. The van der Waals surface area contributed by atoms with E-state index in [4.69, 9.17) is 9.15 Å². The van der Waals surface area contributed by atoms with Crippen molar-refractivity contribution in [1.82, 2.24) is 19.9 Å². The fourth-order valence-corrected chi connectivity index (χ4v) is 2.60. The third-order valence-corrected chi connectivity index (χ3v) is 4.03. The SMILES string of the molecule is O=C(COc1ccc2ccc(=O)oc2c1)NCc1ccc(-n2ccnc2)nc1. The molecule has 0 aliphatic heterocycles. The predicted octanol–water partition coefficient (Wildman–Crippen LogP) is 2.07. The zero-order valence-corrected chi connectivity index (χ0v) is 14.7. The van der Waals surface area contributed by atoms with E-state index in [0.717, 1.165) is 16.8 Å². The first-order chi connectivity index (χ1) is 13.7. The topological polar surface area (TPSA) is 99.2 Å². The lowest BCUT2D eigenvalue weighted by molar-refractivity contribution is -0.123. The van der Waals surface area contributed by atoms with Gasteiger partial charge in [0.1, 0.15) is 23.5 Å². The van der Waals surface area contributed by atoms with Crippen LogP contribution in [-0.2, 0) is 11.3 Å². The van der Waals surface area contributed by atoms with Gasteiger partial charge in [-0.1, -0.05) is 6.07 Å². The molecular weight excluding hydrogens is 360 g/mol. The highest BCUT2D eigenvalue weighted by atomic mass is 16.5. The monoisotopic (exact) mass is 376 g/mol. The number of nitrogens with zero attached hydrogens (tertiary/aromatic N) is 3. The van der Waals surface area contributed by atoms with Crippen LogP contribution in [0.15, 0.2) is 76.6 Å². The summed E-state index contributed by atoms with van der Waals surface area (Å²) in [6, 6.07) is 11.8. The van der Waals surface area contributed by atoms with Gasteiger partial charge in [0, 0.05) is 42.7 Å². The van der Waals surface area contributed by atoms with Crippen LogP contribution in [0.25, 0.3) is 16.8 Å². The molecule has 0 bridgehead atoms. The van der Waals surface area contributed by atoms with Crippen molar-refractivity contribution in [2.24, 2.45) is 0 Å². The molecule has 0 aliphatic carbocycles. The van der Waals surface area contributed by atoms with E-state index in [1.165, 1.54) is 6.07 Å². The predicted molar refractivity (Wildman–Crippen MR) is 101 cm³/mol. The van der Waals surface area contributed by atoms with Gasteiger partial charge in [-0.3, -0.25) is 9.36 Å². The number of hydrogen-bond acceptors (Lipinski definition) is 6. The summed E-state index contributed by atoms with van der Waals surface area (Å²) in [5.41, 5.74) is 0.842. The first-order valence-electron chi connectivity index (χ1n) is 8.54. The van der Waals surface area contributed by atoms with E-state index in [-0.39, 0.29) is 12.5 Å². The summed E-state index contributed by atoms with van der Waals surface area (Å²) < 4.78 is 12.4. The molecule has 0 saturated carbocycles. The second-order valence-corrected chi connectivity index (χ2v) is 6.01. The zero-order valence-electron chi connectivity index (χ0n) is 14.7. The molecule has 0 unspecified atom stereocenters. The number of carbonyl (C=O) groups is 1. The Morgan fingerprint density at radius 2 is 2.07 bits per heavy atom. The molecule has 0 aliphatic rings. The number of aromatic nitrogens is 3. The van der Waals surface area contributed by atoms with E-state index < -0.39 is 5.63 Å². The van der Waals surface area contributed by atoms with E-state index in [1.807, 2.05) is 12.1 Å². The molecule has 0 radical (unpaired) electrons. The lowest BCUT2D eigenvalue weighted by Gasteiger charge is -2.08. The van der Waals surface area contributed by atoms with E-state index >= 15 is 0 Å². The van der Waals surface area contributed by atoms with E-state index in [1.54, 1.807) is 53.8 Å². The molecular formula is C20H16N4O4. The van der Waals surface area contributed by atoms with Gasteiger partial charge in [-0.05, 0) is 29.8 Å². The van der Waals surface area contributed by atoms with Crippen molar-refractivity contribution in [2.45, 2.75) is 6.54 Å². The van der Waals surface area contributed by atoms with Crippen LogP contribution in [0.5, 0.6) is 5.75 Å². The molecule has 28 heavy (non-hydrogen) atoms. The third kappa shape index (κ3) is 4.07. The fraction of sp³-hybridized carbons (Fsp3) is 0.100. The van der Waals surface area contributed by atoms with Crippen molar-refractivity contribution in [3.63, 3.8) is 0 Å². The Balaban J connectivity index is 1.30. The van der Waals surface area contributed by atoms with Gasteiger partial charge >= 0.3 is 5.63 Å². The average molecular weight is 376 g/mol. The smallest absolute Gasteiger partial charge is 0.336 e. The molecule has 0 saturated heterocycles. The Kier molecular flexibility index (Phi) is 4.83. The number of imidazole rings is 1. The molecule has 3 aromatic heterocycles. The first-order valence-corrected chi connectivity index (χ1v) is 8.54. The highest BCUT2D eigenvalue weighted by molar-refractivity contribution is 5.79. The van der Waals surface area contributed by atoms with Gasteiger partial charge < -0.3 is 14.5 Å². The number of amides is 1. The second kappa shape index (κ2) is 7.75. The minimum Gasteiger partial charge on any atom is -0.484 e. The average Bonchev–Trinajstić information content (AvgIpc) is 3.25. The van der Waals surface area contributed by atoms with Gasteiger partial charge in [0.25, 0.3) is 5.91 Å². The third-order valence-electron chi connectivity index (χ3n) is 4.03. The summed E-state index contributed by atoms with van der Waals surface area (Å²) in [7, 11) is 0. The highest BCUT2D eigenvalue weighted by Gasteiger charge is 2.06. The number of nitrogens with one attached hydrogen (secondary N) is 1. The van der Waals surface area contributed by atoms with Gasteiger partial charge in [-0.15, -0.1) is 0 Å². The molecule has 4 rings (SSSR count). The molecule has 8 nitrogen and oxygen atoms in total. The second-order valence-electron chi connectivity index (χ2n) is 6.01. The largest absolute Gasteiger partial charge is 0.484 e. The number of hydrogen-bond donors (Lipinski definition) is 1. The van der Waals surface area contributed by atoms with Crippen LogP contribution in [-0.4, -0.2) is 27.0 Å². The van der Waals surface area contributed by atoms with Gasteiger partial charge in [0.05, 0.1) is 0 Å². The van der Waals surface area contributed by atoms with Gasteiger partial charge in [0.2, 0.25) is 0 Å². The summed E-state index contributed by atoms with van der Waals surface area (Å²) in [6.07, 6.45) is 6.85. The molecule has 1 aromatic carbocycles. The number of benzene rings is 1. The number of ether oxygens (including phenoxy) is 1. The molecule has 8 heteroatoms. The summed E-state index contributed by atoms with van der Waals surface area (Å²) >= 11 is 0. The Morgan fingerprint density at radius 3 is 2.86 bits per heavy atom. The maximum Gasteiger partial charge on any atom is 0.336 e. The van der Waals surface area contributed by atoms with Crippen LogP contribution in [0.2, 0.25) is 0 Å². The minimum atomic E-state index is -0.435. The van der Waals surface area contributed by atoms with E-state index in [2.05, 4.69) is 15.3 Å². The van der Waals surface area contributed by atoms with E-state index in [9.17, 15) is 9.59 Å². The molecule has 1 N–H and O–H groups in total. The van der Waals surface area contributed by atoms with Crippen molar-refractivity contribution in [2.75, 3.05) is 6.61 Å². The van der Waals surface area contributed by atoms with Crippen molar-refractivity contribution in [1.29, 1.82) is 0 Å². The summed E-state index contributed by atoms with van der Waals surface area (Å²) in [6.45, 7) is 0.190. The van der Waals surface area contributed by atoms with Crippen molar-refractivity contribution in [3.05, 3.63) is 83.4 Å². The fourth-order valence-electron chi connectivity index (χ4n) is 2.60. The number of rotatable bonds is 6. The van der Waals surface area contributed by atoms with Crippen LogP contribution >= 0.6 is 0 Å². The summed E-state index contributed by atoms with van der Waals surface area (Å²) in [4.78, 5) is 31.6. The van der Waals surface area contributed by atoms with Gasteiger partial charge in [0.15, 0.2) is 6.61 Å². The van der Waals surface area contributed by atoms with Gasteiger partial charge in [-0.25, -0.2) is 14.8 Å². The molecule has 3 heterocycles. The van der Waals surface area contributed by atoms with Gasteiger partial charge in [-0.2, -0.15) is 0 Å². The Bertz CT molecular complexity index is 1150. The molecule has 0 spiro atoms. The maximum atomic E-state index is 12.0. The highest BCUT2D eigenvalue weighted by Crippen LogP contribution is 2.19. The quantitative estimate of drug-likeness (QED) is 0.517. The number of fused-ring (bicyclic) bond motifs is 1. The molecule has 0 fully saturated rings. The normalized spacial score (nSPS) is 10.7. The lowest BCUT2D eigenvalue weighted by Crippen LogP contribution is -2.28. The minimum absolute atomic E-state index is 0.150. The lowest BCUT2D eigenvalue weighted by atomic mass is 10.2. The number of carbonyl (C=O) groups excluding carboxylic acids is 1. The van der Waals surface area contributed by atoms with Crippen LogP contribution < -0.4 is 15.7 Å².